The van der Waals surface area contributed by atoms with E-state index in [1.165, 1.54) is 5.56 Å². The number of benzene rings is 2. The second-order valence-corrected chi connectivity index (χ2v) is 6.03. The molecule has 0 saturated carbocycles. The van der Waals surface area contributed by atoms with Gasteiger partial charge in [-0.15, -0.1) is 0 Å². The van der Waals surface area contributed by atoms with Crippen molar-refractivity contribution in [1.82, 2.24) is 0 Å². The van der Waals surface area contributed by atoms with Crippen molar-refractivity contribution in [2.45, 2.75) is 13.0 Å². The van der Waals surface area contributed by atoms with Crippen molar-refractivity contribution >= 4 is 23.3 Å². The fourth-order valence-electron chi connectivity index (χ4n) is 2.49. The van der Waals surface area contributed by atoms with Crippen LogP contribution in [0.15, 0.2) is 48.5 Å². The number of esters is 1. The highest BCUT2D eigenvalue weighted by Crippen LogP contribution is 2.20. The molecular formula is C18H18ClNO3. The van der Waals surface area contributed by atoms with Gasteiger partial charge in [0.1, 0.15) is 18.9 Å². The van der Waals surface area contributed by atoms with Gasteiger partial charge in [0, 0.05) is 10.7 Å². The van der Waals surface area contributed by atoms with Gasteiger partial charge in [-0.2, -0.15) is 0 Å². The van der Waals surface area contributed by atoms with Crippen LogP contribution in [0.2, 0.25) is 5.02 Å². The van der Waals surface area contributed by atoms with Gasteiger partial charge in [-0.3, -0.25) is 4.79 Å². The minimum absolute atomic E-state index is 0.235. The Morgan fingerprint density at radius 3 is 2.57 bits per heavy atom. The molecule has 4 nitrogen and oxygen atoms in total. The molecule has 1 aliphatic heterocycles. The first kappa shape index (κ1) is 15.7. The highest BCUT2D eigenvalue weighted by Gasteiger charge is 2.27. The van der Waals surface area contributed by atoms with Crippen LogP contribution in [0, 0.1) is 6.92 Å². The molecule has 2 aromatic rings. The number of hydrogen-bond donors (Lipinski definition) is 0. The quantitative estimate of drug-likeness (QED) is 0.804. The van der Waals surface area contributed by atoms with Crippen LogP contribution in [0.4, 0.5) is 5.69 Å². The zero-order valence-corrected chi connectivity index (χ0v) is 13.6. The molecule has 5 heteroatoms. The smallest absolute Gasteiger partial charge is 0.326 e. The summed E-state index contributed by atoms with van der Waals surface area (Å²) in [6.45, 7) is 3.23. The number of rotatable bonds is 4. The van der Waals surface area contributed by atoms with Crippen molar-refractivity contribution < 1.29 is 14.3 Å². The maximum atomic E-state index is 11.8. The van der Waals surface area contributed by atoms with E-state index in [1.807, 2.05) is 36.1 Å². The molecular weight excluding hydrogens is 314 g/mol. The van der Waals surface area contributed by atoms with Gasteiger partial charge >= 0.3 is 5.97 Å². The number of aryl methyl sites for hydroxylation is 1. The summed E-state index contributed by atoms with van der Waals surface area (Å²) in [5.74, 6) is 0.472. The number of carbonyl (C=O) groups is 1. The highest BCUT2D eigenvalue weighted by molar-refractivity contribution is 6.30. The maximum Gasteiger partial charge on any atom is 0.326 e. The predicted octanol–water partition coefficient (Wildman–Crippen LogP) is 3.46. The van der Waals surface area contributed by atoms with E-state index in [2.05, 4.69) is 0 Å². The van der Waals surface area contributed by atoms with E-state index in [4.69, 9.17) is 21.1 Å². The summed E-state index contributed by atoms with van der Waals surface area (Å²) in [4.78, 5) is 13.9. The van der Waals surface area contributed by atoms with E-state index in [0.717, 1.165) is 5.69 Å². The van der Waals surface area contributed by atoms with E-state index in [-0.39, 0.29) is 18.6 Å². The number of ether oxygens (including phenoxy) is 2. The van der Waals surface area contributed by atoms with Crippen LogP contribution >= 0.6 is 11.6 Å². The van der Waals surface area contributed by atoms with Crippen LogP contribution < -0.4 is 9.64 Å². The Hall–Kier alpha value is -2.20. The standard InChI is InChI=1S/C18H18ClNO3/c1-13-2-6-15(7-3-13)20-10-17(23-18(21)11-20)12-22-16-8-4-14(19)5-9-16/h2-9,17H,10-12H2,1H3. The largest absolute Gasteiger partial charge is 0.490 e. The normalized spacial score (nSPS) is 17.7. The molecule has 2 aromatic carbocycles. The number of anilines is 1. The fraction of sp³-hybridized carbons (Fsp3) is 0.278. The minimum atomic E-state index is -0.298. The molecule has 0 N–H and O–H groups in total. The minimum Gasteiger partial charge on any atom is -0.490 e. The van der Waals surface area contributed by atoms with E-state index in [1.54, 1.807) is 24.3 Å². The maximum absolute atomic E-state index is 11.8. The molecule has 0 bridgehead atoms. The Morgan fingerprint density at radius 1 is 1.17 bits per heavy atom. The molecule has 1 atom stereocenters. The second-order valence-electron chi connectivity index (χ2n) is 5.59. The fourth-order valence-corrected chi connectivity index (χ4v) is 2.61. The summed E-state index contributed by atoms with van der Waals surface area (Å²) in [6, 6.07) is 15.2. The first-order chi connectivity index (χ1) is 11.1. The third kappa shape index (κ3) is 4.17. The summed E-state index contributed by atoms with van der Waals surface area (Å²) in [7, 11) is 0. The molecule has 1 unspecified atom stereocenters. The Kier molecular flexibility index (Phi) is 4.72. The number of cyclic esters (lactones) is 1. The first-order valence-electron chi connectivity index (χ1n) is 7.49. The van der Waals surface area contributed by atoms with Gasteiger partial charge in [-0.05, 0) is 43.3 Å². The first-order valence-corrected chi connectivity index (χ1v) is 7.87. The number of morpholine rings is 1. The van der Waals surface area contributed by atoms with Crippen molar-refractivity contribution in [3.05, 3.63) is 59.1 Å². The molecule has 0 radical (unpaired) electrons. The van der Waals surface area contributed by atoms with Crippen molar-refractivity contribution in [2.75, 3.05) is 24.6 Å². The van der Waals surface area contributed by atoms with E-state index >= 15 is 0 Å². The lowest BCUT2D eigenvalue weighted by Gasteiger charge is -2.33. The molecule has 23 heavy (non-hydrogen) atoms. The van der Waals surface area contributed by atoms with Crippen LogP contribution in [-0.4, -0.2) is 31.8 Å². The van der Waals surface area contributed by atoms with E-state index < -0.39 is 0 Å². The van der Waals surface area contributed by atoms with Gasteiger partial charge in [0.15, 0.2) is 6.10 Å². The average molecular weight is 332 g/mol. The Morgan fingerprint density at radius 2 is 1.87 bits per heavy atom. The number of nitrogens with zero attached hydrogens (tertiary/aromatic N) is 1. The van der Waals surface area contributed by atoms with Crippen LogP contribution in [0.1, 0.15) is 5.56 Å². The van der Waals surface area contributed by atoms with Gasteiger partial charge in [0.25, 0.3) is 0 Å². The summed E-state index contributed by atoms with van der Waals surface area (Å²) < 4.78 is 11.1. The van der Waals surface area contributed by atoms with E-state index in [0.29, 0.717) is 23.9 Å². The third-order valence-electron chi connectivity index (χ3n) is 3.69. The second kappa shape index (κ2) is 6.92. The lowest BCUT2D eigenvalue weighted by molar-refractivity contribution is -0.151. The van der Waals surface area contributed by atoms with Crippen molar-refractivity contribution in [3.8, 4) is 5.75 Å². The third-order valence-corrected chi connectivity index (χ3v) is 3.94. The molecule has 3 rings (SSSR count). The zero-order valence-electron chi connectivity index (χ0n) is 12.9. The average Bonchev–Trinajstić information content (AvgIpc) is 2.54. The summed E-state index contributed by atoms with van der Waals surface area (Å²) in [5, 5.41) is 0.659. The predicted molar refractivity (Wildman–Crippen MR) is 90.2 cm³/mol. The lowest BCUT2D eigenvalue weighted by Crippen LogP contribution is -2.47. The molecule has 120 valence electrons. The van der Waals surface area contributed by atoms with Crippen LogP contribution in [-0.2, 0) is 9.53 Å². The lowest BCUT2D eigenvalue weighted by atomic mass is 10.2. The molecule has 1 saturated heterocycles. The summed E-state index contributed by atoms with van der Waals surface area (Å²) >= 11 is 5.85. The van der Waals surface area contributed by atoms with Crippen molar-refractivity contribution in [3.63, 3.8) is 0 Å². The van der Waals surface area contributed by atoms with Crippen LogP contribution in [0.3, 0.4) is 0 Å². The van der Waals surface area contributed by atoms with Gasteiger partial charge in [0.05, 0.1) is 6.54 Å². The van der Waals surface area contributed by atoms with Crippen molar-refractivity contribution in [1.29, 1.82) is 0 Å². The SMILES string of the molecule is Cc1ccc(N2CC(=O)OC(COc3ccc(Cl)cc3)C2)cc1. The van der Waals surface area contributed by atoms with Gasteiger partial charge < -0.3 is 14.4 Å². The molecule has 0 aromatic heterocycles. The Balaban J connectivity index is 1.62. The number of carbonyl (C=O) groups excluding carboxylic acids is 1. The van der Waals surface area contributed by atoms with E-state index in [9.17, 15) is 4.79 Å². The van der Waals surface area contributed by atoms with Gasteiger partial charge in [-0.25, -0.2) is 0 Å². The Bertz CT molecular complexity index is 670. The molecule has 1 aliphatic rings. The molecule has 0 aliphatic carbocycles. The number of halogens is 1. The Labute approximate surface area is 140 Å². The van der Waals surface area contributed by atoms with Gasteiger partial charge in [0.2, 0.25) is 0 Å². The van der Waals surface area contributed by atoms with Crippen LogP contribution in [0.5, 0.6) is 5.75 Å². The zero-order chi connectivity index (χ0) is 16.2. The molecule has 1 fully saturated rings. The summed E-state index contributed by atoms with van der Waals surface area (Å²) in [5.41, 5.74) is 2.21. The molecule has 0 spiro atoms. The van der Waals surface area contributed by atoms with Crippen molar-refractivity contribution in [2.24, 2.45) is 0 Å². The summed E-state index contributed by atoms with van der Waals surface area (Å²) in [6.07, 6.45) is -0.298. The van der Waals surface area contributed by atoms with Crippen LogP contribution in [0.25, 0.3) is 0 Å². The highest BCUT2D eigenvalue weighted by atomic mass is 35.5. The molecule has 1 heterocycles. The topological polar surface area (TPSA) is 38.8 Å². The monoisotopic (exact) mass is 331 g/mol. The van der Waals surface area contributed by atoms with Gasteiger partial charge in [-0.1, -0.05) is 29.3 Å². The molecule has 0 amide bonds. The number of hydrogen-bond acceptors (Lipinski definition) is 4.